The van der Waals surface area contributed by atoms with Crippen molar-refractivity contribution in [1.82, 2.24) is 5.32 Å². The molecule has 0 saturated heterocycles. The Morgan fingerprint density at radius 1 is 1.10 bits per heavy atom. The highest BCUT2D eigenvalue weighted by Crippen LogP contribution is 2.34. The average Bonchev–Trinajstić information content (AvgIpc) is 2.49. The lowest BCUT2D eigenvalue weighted by atomic mass is 10.1. The van der Waals surface area contributed by atoms with Gasteiger partial charge in [0, 0.05) is 0 Å². The van der Waals surface area contributed by atoms with Crippen LogP contribution in [-0.2, 0) is 0 Å². The third kappa shape index (κ3) is 3.49. The van der Waals surface area contributed by atoms with E-state index in [1.807, 2.05) is 37.3 Å². The standard InChI is InChI=1S/C16H15Cl2NO2/c1-10(11-6-4-3-5-7-11)19-16(20)14-12(17)8-9-13(18)15(14)21-2/h3-10H,1-2H3,(H,19,20)/t10-/m1/s1. The minimum atomic E-state index is -0.323. The van der Waals surface area contributed by atoms with Crippen molar-refractivity contribution in [2.24, 2.45) is 0 Å². The van der Waals surface area contributed by atoms with Crippen molar-refractivity contribution >= 4 is 29.1 Å². The predicted octanol–water partition coefficient (Wildman–Crippen LogP) is 4.49. The highest BCUT2D eigenvalue weighted by Gasteiger charge is 2.21. The number of hydrogen-bond donors (Lipinski definition) is 1. The van der Waals surface area contributed by atoms with E-state index >= 15 is 0 Å². The van der Waals surface area contributed by atoms with Crippen molar-refractivity contribution in [2.45, 2.75) is 13.0 Å². The van der Waals surface area contributed by atoms with Gasteiger partial charge < -0.3 is 10.1 Å². The van der Waals surface area contributed by atoms with Crippen molar-refractivity contribution in [3.63, 3.8) is 0 Å². The Hall–Kier alpha value is -1.71. The molecule has 0 aliphatic carbocycles. The van der Waals surface area contributed by atoms with Crippen molar-refractivity contribution in [3.05, 3.63) is 63.6 Å². The molecule has 0 fully saturated rings. The summed E-state index contributed by atoms with van der Waals surface area (Å²) in [5.74, 6) is -0.0439. The quantitative estimate of drug-likeness (QED) is 0.900. The topological polar surface area (TPSA) is 38.3 Å². The maximum absolute atomic E-state index is 12.4. The zero-order valence-electron chi connectivity index (χ0n) is 11.7. The van der Waals surface area contributed by atoms with Crippen LogP contribution in [0.2, 0.25) is 10.0 Å². The molecule has 0 aromatic heterocycles. The highest BCUT2D eigenvalue weighted by atomic mass is 35.5. The van der Waals surface area contributed by atoms with Gasteiger partial charge in [-0.3, -0.25) is 4.79 Å². The van der Waals surface area contributed by atoms with Crippen LogP contribution in [0.3, 0.4) is 0 Å². The lowest BCUT2D eigenvalue weighted by Gasteiger charge is -2.17. The number of rotatable bonds is 4. The SMILES string of the molecule is COc1c(Cl)ccc(Cl)c1C(=O)N[C@H](C)c1ccccc1. The first-order valence-corrected chi connectivity index (χ1v) is 7.18. The third-order valence-electron chi connectivity index (χ3n) is 3.14. The molecule has 0 heterocycles. The summed E-state index contributed by atoms with van der Waals surface area (Å²) in [6.07, 6.45) is 0. The number of methoxy groups -OCH3 is 1. The van der Waals surface area contributed by atoms with Gasteiger partial charge >= 0.3 is 0 Å². The normalized spacial score (nSPS) is 11.8. The van der Waals surface area contributed by atoms with E-state index in [2.05, 4.69) is 5.32 Å². The van der Waals surface area contributed by atoms with Crippen molar-refractivity contribution in [2.75, 3.05) is 7.11 Å². The minimum absolute atomic E-state index is 0.154. The predicted molar refractivity (Wildman–Crippen MR) is 85.3 cm³/mol. The van der Waals surface area contributed by atoms with Crippen LogP contribution in [0.5, 0.6) is 5.75 Å². The Balaban J connectivity index is 2.27. The maximum Gasteiger partial charge on any atom is 0.257 e. The van der Waals surface area contributed by atoms with Gasteiger partial charge in [-0.1, -0.05) is 53.5 Å². The average molecular weight is 324 g/mol. The molecule has 0 aliphatic heterocycles. The molecule has 1 atom stereocenters. The lowest BCUT2D eigenvalue weighted by Crippen LogP contribution is -2.27. The summed E-state index contributed by atoms with van der Waals surface area (Å²) in [6, 6.07) is 12.7. The molecule has 2 aromatic rings. The number of carbonyl (C=O) groups excluding carboxylic acids is 1. The van der Waals surface area contributed by atoms with Gasteiger partial charge in [-0.25, -0.2) is 0 Å². The van der Waals surface area contributed by atoms with E-state index in [1.165, 1.54) is 7.11 Å². The van der Waals surface area contributed by atoms with E-state index in [4.69, 9.17) is 27.9 Å². The molecule has 110 valence electrons. The van der Waals surface area contributed by atoms with Crippen molar-refractivity contribution in [1.29, 1.82) is 0 Å². The van der Waals surface area contributed by atoms with Crippen LogP contribution in [0.4, 0.5) is 0 Å². The minimum Gasteiger partial charge on any atom is -0.494 e. The second-order valence-electron chi connectivity index (χ2n) is 4.54. The first-order valence-electron chi connectivity index (χ1n) is 6.42. The zero-order valence-corrected chi connectivity index (χ0v) is 13.2. The smallest absolute Gasteiger partial charge is 0.257 e. The van der Waals surface area contributed by atoms with E-state index in [0.29, 0.717) is 10.0 Å². The lowest BCUT2D eigenvalue weighted by molar-refractivity contribution is 0.0937. The zero-order chi connectivity index (χ0) is 15.4. The summed E-state index contributed by atoms with van der Waals surface area (Å²) in [6.45, 7) is 1.90. The molecule has 0 radical (unpaired) electrons. The van der Waals surface area contributed by atoms with E-state index in [0.717, 1.165) is 5.56 Å². The largest absolute Gasteiger partial charge is 0.494 e. The van der Waals surface area contributed by atoms with Crippen LogP contribution in [0.25, 0.3) is 0 Å². The summed E-state index contributed by atoms with van der Waals surface area (Å²) in [4.78, 5) is 12.4. The molecular weight excluding hydrogens is 309 g/mol. The van der Waals surface area contributed by atoms with Gasteiger partial charge in [0.1, 0.15) is 5.56 Å². The summed E-state index contributed by atoms with van der Waals surface area (Å²) in [5, 5.41) is 3.54. The fraction of sp³-hybridized carbons (Fsp3) is 0.188. The van der Waals surface area contributed by atoms with Gasteiger partial charge in [-0.2, -0.15) is 0 Å². The molecule has 1 N–H and O–H groups in total. The first kappa shape index (κ1) is 15.7. The molecule has 3 nitrogen and oxygen atoms in total. The molecule has 0 bridgehead atoms. The molecule has 0 aliphatic rings. The highest BCUT2D eigenvalue weighted by molar-refractivity contribution is 6.37. The molecule has 2 aromatic carbocycles. The van der Waals surface area contributed by atoms with Gasteiger partial charge in [0.15, 0.2) is 5.75 Å². The number of hydrogen-bond acceptors (Lipinski definition) is 2. The number of halogens is 2. The summed E-state index contributed by atoms with van der Waals surface area (Å²) >= 11 is 12.1. The van der Waals surface area contributed by atoms with Crippen LogP contribution < -0.4 is 10.1 Å². The van der Waals surface area contributed by atoms with Gasteiger partial charge in [0.05, 0.1) is 23.2 Å². The Morgan fingerprint density at radius 2 is 1.71 bits per heavy atom. The Labute approximate surface area is 133 Å². The molecule has 21 heavy (non-hydrogen) atoms. The molecule has 0 unspecified atom stereocenters. The second kappa shape index (κ2) is 6.83. The number of ether oxygens (including phenoxy) is 1. The Bertz CT molecular complexity index is 644. The molecule has 0 saturated carbocycles. The van der Waals surface area contributed by atoms with Crippen LogP contribution >= 0.6 is 23.2 Å². The maximum atomic E-state index is 12.4. The number of carbonyl (C=O) groups is 1. The summed E-state index contributed by atoms with van der Waals surface area (Å²) in [7, 11) is 1.45. The molecule has 5 heteroatoms. The number of amides is 1. The van der Waals surface area contributed by atoms with Gasteiger partial charge in [0.2, 0.25) is 0 Å². The van der Waals surface area contributed by atoms with Gasteiger partial charge in [-0.05, 0) is 24.6 Å². The van der Waals surface area contributed by atoms with Crippen LogP contribution in [0.1, 0.15) is 28.9 Å². The number of nitrogens with one attached hydrogen (secondary N) is 1. The number of benzene rings is 2. The molecular formula is C16H15Cl2NO2. The second-order valence-corrected chi connectivity index (χ2v) is 5.36. The third-order valence-corrected chi connectivity index (χ3v) is 3.75. The Kier molecular flexibility index (Phi) is 5.10. The van der Waals surface area contributed by atoms with E-state index in [-0.39, 0.29) is 23.3 Å². The molecule has 1 amide bonds. The molecule has 2 rings (SSSR count). The van der Waals surface area contributed by atoms with Crippen molar-refractivity contribution < 1.29 is 9.53 Å². The monoisotopic (exact) mass is 323 g/mol. The van der Waals surface area contributed by atoms with Crippen LogP contribution in [0.15, 0.2) is 42.5 Å². The summed E-state index contributed by atoms with van der Waals surface area (Å²) in [5.41, 5.74) is 1.25. The van der Waals surface area contributed by atoms with Gasteiger partial charge in [0.25, 0.3) is 5.91 Å². The van der Waals surface area contributed by atoms with E-state index in [9.17, 15) is 4.79 Å². The van der Waals surface area contributed by atoms with Crippen molar-refractivity contribution in [3.8, 4) is 5.75 Å². The fourth-order valence-corrected chi connectivity index (χ4v) is 2.51. The first-order chi connectivity index (χ1) is 10.0. The fourth-order valence-electron chi connectivity index (χ4n) is 2.04. The van der Waals surface area contributed by atoms with E-state index in [1.54, 1.807) is 12.1 Å². The Morgan fingerprint density at radius 3 is 2.33 bits per heavy atom. The molecule has 0 spiro atoms. The van der Waals surface area contributed by atoms with Crippen LogP contribution in [0, 0.1) is 0 Å². The van der Waals surface area contributed by atoms with E-state index < -0.39 is 0 Å². The van der Waals surface area contributed by atoms with Gasteiger partial charge in [-0.15, -0.1) is 0 Å². The summed E-state index contributed by atoms with van der Waals surface area (Å²) < 4.78 is 5.19. The van der Waals surface area contributed by atoms with Crippen LogP contribution in [-0.4, -0.2) is 13.0 Å².